The van der Waals surface area contributed by atoms with E-state index in [1.807, 2.05) is 19.1 Å². The zero-order valence-electron chi connectivity index (χ0n) is 22.0. The molecule has 0 unspecified atom stereocenters. The molecule has 1 heterocycles. The molecule has 0 N–H and O–H groups in total. The molecule has 0 bridgehead atoms. The minimum atomic E-state index is -4.50. The topological polar surface area (TPSA) is 49.7 Å². The van der Waals surface area contributed by atoms with Crippen LogP contribution < -0.4 is 0 Å². The molecule has 7 heteroatoms. The zero-order chi connectivity index (χ0) is 27.0. The summed E-state index contributed by atoms with van der Waals surface area (Å²) in [6, 6.07) is 12.1. The molecular formula is C30H35F3N2O2. The van der Waals surface area contributed by atoms with E-state index in [1.165, 1.54) is 12.1 Å². The largest absolute Gasteiger partial charge is 0.416 e. The minimum Gasteiger partial charge on any atom is -0.308 e. The summed E-state index contributed by atoms with van der Waals surface area (Å²) in [5.74, 6) is 0.213. The lowest BCUT2D eigenvalue weighted by atomic mass is 9.69. The summed E-state index contributed by atoms with van der Waals surface area (Å²) in [7, 11) is 0. The van der Waals surface area contributed by atoms with Crippen LogP contribution in [0, 0.1) is 11.3 Å². The van der Waals surface area contributed by atoms with Crippen LogP contribution in [-0.2, 0) is 17.5 Å². The van der Waals surface area contributed by atoms with Crippen molar-refractivity contribution < 1.29 is 22.8 Å². The molecule has 0 radical (unpaired) electrons. The summed E-state index contributed by atoms with van der Waals surface area (Å²) in [6.45, 7) is 8.89. The maximum Gasteiger partial charge on any atom is 0.416 e. The number of amides is 1. The number of carbonyl (C=O) groups excluding carboxylic acids is 2. The molecule has 2 aromatic carbocycles. The molecule has 1 saturated carbocycles. The summed E-state index contributed by atoms with van der Waals surface area (Å²) < 4.78 is 40.2. The summed E-state index contributed by atoms with van der Waals surface area (Å²) in [6.07, 6.45) is -0.148. The first-order valence-corrected chi connectivity index (χ1v) is 13.1. The summed E-state index contributed by atoms with van der Waals surface area (Å²) in [5.41, 5.74) is 0.341. The predicted octanol–water partition coefficient (Wildman–Crippen LogP) is 7.45. The van der Waals surface area contributed by atoms with Gasteiger partial charge >= 0.3 is 6.18 Å². The van der Waals surface area contributed by atoms with Crippen molar-refractivity contribution in [3.63, 3.8) is 0 Å². The maximum atomic E-state index is 13.7. The lowest BCUT2D eigenvalue weighted by Crippen LogP contribution is -2.49. The molecule has 4 rings (SSSR count). The zero-order valence-corrected chi connectivity index (χ0v) is 22.0. The molecule has 0 aromatic heterocycles. The number of halogens is 3. The molecule has 1 amide bonds. The highest BCUT2D eigenvalue weighted by Crippen LogP contribution is 2.47. The van der Waals surface area contributed by atoms with Crippen LogP contribution in [0.3, 0.4) is 0 Å². The number of alkyl halides is 3. The fourth-order valence-corrected chi connectivity index (χ4v) is 5.56. The molecule has 1 spiro atoms. The van der Waals surface area contributed by atoms with Gasteiger partial charge in [0.1, 0.15) is 11.4 Å². The maximum absolute atomic E-state index is 13.7. The Morgan fingerprint density at radius 1 is 1.05 bits per heavy atom. The van der Waals surface area contributed by atoms with Crippen LogP contribution in [0.2, 0.25) is 0 Å². The van der Waals surface area contributed by atoms with Crippen molar-refractivity contribution in [2.45, 2.75) is 84.6 Å². The van der Waals surface area contributed by atoms with E-state index in [-0.39, 0.29) is 34.9 Å². The van der Waals surface area contributed by atoms with E-state index < -0.39 is 17.4 Å². The number of benzene rings is 2. The highest BCUT2D eigenvalue weighted by atomic mass is 19.4. The average molecular weight is 513 g/mol. The number of rotatable bonds is 6. The highest BCUT2D eigenvalue weighted by Gasteiger charge is 2.50. The monoisotopic (exact) mass is 512 g/mol. The van der Waals surface area contributed by atoms with Crippen LogP contribution in [-0.4, -0.2) is 28.0 Å². The molecule has 1 aliphatic carbocycles. The molecule has 4 nitrogen and oxygen atoms in total. The van der Waals surface area contributed by atoms with Crippen molar-refractivity contribution >= 4 is 17.4 Å². The molecule has 198 valence electrons. The SMILES string of the molecule is CCCC(=O)c1ccc(CN2C(=O)C(c3cccc(C(F)(F)F)c3)=NC23CCC(C(C)(C)C)CC3)cc1. The van der Waals surface area contributed by atoms with E-state index in [2.05, 4.69) is 20.8 Å². The van der Waals surface area contributed by atoms with Crippen molar-refractivity contribution in [2.24, 2.45) is 16.3 Å². The Kier molecular flexibility index (Phi) is 7.37. The number of hydrogen-bond acceptors (Lipinski definition) is 3. The van der Waals surface area contributed by atoms with Crippen LogP contribution in [0.4, 0.5) is 13.2 Å². The summed E-state index contributed by atoms with van der Waals surface area (Å²) in [5, 5.41) is 0. The first-order chi connectivity index (χ1) is 17.3. The lowest BCUT2D eigenvalue weighted by molar-refractivity contribution is -0.137. The lowest BCUT2D eigenvalue weighted by Gasteiger charge is -2.44. The summed E-state index contributed by atoms with van der Waals surface area (Å²) >= 11 is 0. The summed E-state index contributed by atoms with van der Waals surface area (Å²) in [4.78, 5) is 32.6. The van der Waals surface area contributed by atoms with Gasteiger partial charge in [-0.15, -0.1) is 0 Å². The second-order valence-electron chi connectivity index (χ2n) is 11.4. The minimum absolute atomic E-state index is 0.0819. The van der Waals surface area contributed by atoms with E-state index in [9.17, 15) is 22.8 Å². The van der Waals surface area contributed by atoms with Crippen LogP contribution >= 0.6 is 0 Å². The van der Waals surface area contributed by atoms with Crippen LogP contribution in [0.15, 0.2) is 53.5 Å². The van der Waals surface area contributed by atoms with Crippen LogP contribution in [0.5, 0.6) is 0 Å². The number of aliphatic imine (C=N–C) groups is 1. The van der Waals surface area contributed by atoms with Crippen molar-refractivity contribution in [3.05, 3.63) is 70.8 Å². The number of ketones is 1. The second kappa shape index (κ2) is 10.1. The molecule has 0 saturated heterocycles. The first-order valence-electron chi connectivity index (χ1n) is 13.1. The van der Waals surface area contributed by atoms with E-state index in [0.717, 1.165) is 37.0 Å². The van der Waals surface area contributed by atoms with Gasteiger partial charge in [-0.05, 0) is 61.1 Å². The quantitative estimate of drug-likeness (QED) is 0.378. The Hall–Kier alpha value is -2.96. The van der Waals surface area contributed by atoms with Crippen LogP contribution in [0.25, 0.3) is 0 Å². The van der Waals surface area contributed by atoms with E-state index in [4.69, 9.17) is 4.99 Å². The normalized spacial score (nSPS) is 22.5. The van der Waals surface area contributed by atoms with Gasteiger partial charge in [0.2, 0.25) is 0 Å². The highest BCUT2D eigenvalue weighted by molar-refractivity contribution is 6.46. The van der Waals surface area contributed by atoms with Gasteiger partial charge < -0.3 is 4.90 Å². The fourth-order valence-electron chi connectivity index (χ4n) is 5.56. The van der Waals surface area contributed by atoms with Gasteiger partial charge in [-0.2, -0.15) is 13.2 Å². The Morgan fingerprint density at radius 2 is 1.70 bits per heavy atom. The number of hydrogen-bond donors (Lipinski definition) is 0. The Bertz CT molecular complexity index is 1180. The van der Waals surface area contributed by atoms with Crippen molar-refractivity contribution in [1.29, 1.82) is 0 Å². The molecule has 0 atom stereocenters. The van der Waals surface area contributed by atoms with Gasteiger partial charge in [-0.3, -0.25) is 14.6 Å². The van der Waals surface area contributed by atoms with E-state index in [0.29, 0.717) is 30.7 Å². The standard InChI is InChI=1S/C30H35F3N2O2/c1-5-7-25(36)21-12-10-20(11-13-21)19-35-27(37)26(22-8-6-9-24(18-22)30(31,32)33)34-29(35)16-14-23(15-17-29)28(2,3)4/h6,8-13,18,23H,5,7,14-17,19H2,1-4H3. The first kappa shape index (κ1) is 27.1. The number of Topliss-reactive ketones (excluding diaryl/α,β-unsaturated/α-hetero) is 1. The van der Waals surface area contributed by atoms with Gasteiger partial charge in [0.05, 0.1) is 5.56 Å². The molecule has 1 aliphatic heterocycles. The van der Waals surface area contributed by atoms with Crippen molar-refractivity contribution in [1.82, 2.24) is 4.90 Å². The molecule has 2 aliphatic rings. The third kappa shape index (κ3) is 5.65. The van der Waals surface area contributed by atoms with Gasteiger partial charge in [-0.1, -0.05) is 64.1 Å². The number of nitrogens with zero attached hydrogens (tertiary/aromatic N) is 2. The average Bonchev–Trinajstić information content (AvgIpc) is 3.10. The third-order valence-corrected chi connectivity index (χ3v) is 7.84. The van der Waals surface area contributed by atoms with Gasteiger partial charge in [0.15, 0.2) is 5.78 Å². The van der Waals surface area contributed by atoms with E-state index >= 15 is 0 Å². The van der Waals surface area contributed by atoms with Gasteiger partial charge in [0.25, 0.3) is 5.91 Å². The Balaban J connectivity index is 1.67. The molecule has 1 fully saturated rings. The predicted molar refractivity (Wildman–Crippen MR) is 138 cm³/mol. The third-order valence-electron chi connectivity index (χ3n) is 7.84. The van der Waals surface area contributed by atoms with Crippen molar-refractivity contribution in [3.8, 4) is 0 Å². The molecular weight excluding hydrogens is 477 g/mol. The van der Waals surface area contributed by atoms with Crippen LogP contribution in [0.1, 0.15) is 93.3 Å². The van der Waals surface area contributed by atoms with Gasteiger partial charge in [0, 0.05) is 24.1 Å². The Labute approximate surface area is 217 Å². The Morgan fingerprint density at radius 3 is 2.27 bits per heavy atom. The molecule has 37 heavy (non-hydrogen) atoms. The second-order valence-corrected chi connectivity index (χ2v) is 11.4. The fraction of sp³-hybridized carbons (Fsp3) is 0.500. The van der Waals surface area contributed by atoms with Crippen molar-refractivity contribution in [2.75, 3.05) is 0 Å². The van der Waals surface area contributed by atoms with Gasteiger partial charge in [-0.25, -0.2) is 0 Å². The number of carbonyl (C=O) groups is 2. The smallest absolute Gasteiger partial charge is 0.308 e. The van der Waals surface area contributed by atoms with E-state index in [1.54, 1.807) is 17.0 Å². The molecule has 2 aromatic rings.